The van der Waals surface area contributed by atoms with Crippen molar-refractivity contribution in [2.24, 2.45) is 5.92 Å². The topological polar surface area (TPSA) is 50.2 Å². The van der Waals surface area contributed by atoms with Crippen molar-refractivity contribution in [3.05, 3.63) is 40.5 Å². The van der Waals surface area contributed by atoms with Crippen LogP contribution in [0, 0.1) is 5.92 Å². The van der Waals surface area contributed by atoms with Gasteiger partial charge in [-0.15, -0.1) is 0 Å². The van der Waals surface area contributed by atoms with Gasteiger partial charge in [0, 0.05) is 22.0 Å². The van der Waals surface area contributed by atoms with Gasteiger partial charge in [0.1, 0.15) is 0 Å². The molecule has 1 N–H and O–H groups in total. The number of nitrogens with zero attached hydrogens (tertiary/aromatic N) is 1. The molecule has 2 rings (SSSR count). The monoisotopic (exact) mass is 293 g/mol. The van der Waals surface area contributed by atoms with Crippen LogP contribution in [0.1, 0.15) is 12.6 Å². The van der Waals surface area contributed by atoms with Gasteiger partial charge in [-0.05, 0) is 24.3 Å². The number of carboxylic acid groups (broad SMARTS) is 1. The Morgan fingerprint density at radius 2 is 2.18 bits per heavy atom. The van der Waals surface area contributed by atoms with Crippen LogP contribution in [0.25, 0.3) is 10.9 Å². The van der Waals surface area contributed by atoms with Crippen LogP contribution >= 0.6 is 15.9 Å². The van der Waals surface area contributed by atoms with Crippen LogP contribution < -0.4 is 0 Å². The first-order valence-corrected chi connectivity index (χ1v) is 6.13. The SMILES string of the molecule is CC(Cc1ccc2cc(Br)ccc2n1)C(=O)O. The standard InChI is InChI=1S/C13H12BrNO2/c1-8(13(16)17)6-11-4-2-9-7-10(14)3-5-12(9)15-11/h2-5,7-8H,6H2,1H3,(H,16,17). The molecule has 1 aromatic carbocycles. The Morgan fingerprint density at radius 3 is 2.88 bits per heavy atom. The molecular formula is C13H12BrNO2. The number of carboxylic acids is 1. The van der Waals surface area contributed by atoms with Crippen LogP contribution in [-0.4, -0.2) is 16.1 Å². The molecule has 0 spiro atoms. The van der Waals surface area contributed by atoms with E-state index >= 15 is 0 Å². The maximum Gasteiger partial charge on any atom is 0.306 e. The van der Waals surface area contributed by atoms with Gasteiger partial charge in [0.15, 0.2) is 0 Å². The molecule has 0 aliphatic heterocycles. The van der Waals surface area contributed by atoms with E-state index in [-0.39, 0.29) is 0 Å². The first kappa shape index (κ1) is 12.0. The Hall–Kier alpha value is -1.42. The lowest BCUT2D eigenvalue weighted by molar-refractivity contribution is -0.141. The molecule has 4 heteroatoms. The summed E-state index contributed by atoms with van der Waals surface area (Å²) >= 11 is 3.40. The van der Waals surface area contributed by atoms with Gasteiger partial charge in [-0.25, -0.2) is 0 Å². The summed E-state index contributed by atoms with van der Waals surface area (Å²) in [5.74, 6) is -1.20. The molecule has 0 radical (unpaired) electrons. The van der Waals surface area contributed by atoms with E-state index < -0.39 is 11.9 Å². The van der Waals surface area contributed by atoms with Gasteiger partial charge in [-0.1, -0.05) is 28.9 Å². The maximum atomic E-state index is 10.8. The van der Waals surface area contributed by atoms with Crippen molar-refractivity contribution in [3.8, 4) is 0 Å². The van der Waals surface area contributed by atoms with Gasteiger partial charge in [-0.2, -0.15) is 0 Å². The fourth-order valence-electron chi connectivity index (χ4n) is 1.65. The van der Waals surface area contributed by atoms with E-state index in [1.165, 1.54) is 0 Å². The highest BCUT2D eigenvalue weighted by Crippen LogP contribution is 2.19. The van der Waals surface area contributed by atoms with Crippen molar-refractivity contribution in [1.29, 1.82) is 0 Å². The Kier molecular flexibility index (Phi) is 3.43. The summed E-state index contributed by atoms with van der Waals surface area (Å²) in [4.78, 5) is 15.2. The maximum absolute atomic E-state index is 10.8. The van der Waals surface area contributed by atoms with Gasteiger partial charge in [-0.3, -0.25) is 9.78 Å². The summed E-state index contributed by atoms with van der Waals surface area (Å²) in [7, 11) is 0. The van der Waals surface area contributed by atoms with E-state index in [2.05, 4.69) is 20.9 Å². The third-order valence-electron chi connectivity index (χ3n) is 2.65. The lowest BCUT2D eigenvalue weighted by Gasteiger charge is -2.06. The third kappa shape index (κ3) is 2.82. The van der Waals surface area contributed by atoms with Gasteiger partial charge in [0.05, 0.1) is 11.4 Å². The molecular weight excluding hydrogens is 282 g/mol. The average molecular weight is 294 g/mol. The van der Waals surface area contributed by atoms with Crippen molar-refractivity contribution in [3.63, 3.8) is 0 Å². The van der Waals surface area contributed by atoms with Crippen LogP contribution in [0.4, 0.5) is 0 Å². The number of pyridine rings is 1. The van der Waals surface area contributed by atoms with Crippen LogP contribution in [0.5, 0.6) is 0 Å². The summed E-state index contributed by atoms with van der Waals surface area (Å²) in [6.45, 7) is 1.69. The predicted octanol–water partition coefficient (Wildman–Crippen LogP) is 3.26. The second-order valence-corrected chi connectivity index (χ2v) is 5.00. The Bertz CT molecular complexity index is 568. The molecule has 1 atom stereocenters. The number of halogens is 1. The number of hydrogen-bond acceptors (Lipinski definition) is 2. The van der Waals surface area contributed by atoms with E-state index in [9.17, 15) is 4.79 Å². The smallest absolute Gasteiger partial charge is 0.306 e. The lowest BCUT2D eigenvalue weighted by atomic mass is 10.0. The summed E-state index contributed by atoms with van der Waals surface area (Å²) < 4.78 is 1.01. The molecule has 3 nitrogen and oxygen atoms in total. The van der Waals surface area contributed by atoms with Crippen molar-refractivity contribution in [2.75, 3.05) is 0 Å². The number of carbonyl (C=O) groups is 1. The van der Waals surface area contributed by atoms with Crippen LogP contribution in [0.3, 0.4) is 0 Å². The molecule has 1 heterocycles. The first-order chi connectivity index (χ1) is 8.06. The third-order valence-corrected chi connectivity index (χ3v) is 3.14. The van der Waals surface area contributed by atoms with Crippen molar-refractivity contribution in [1.82, 2.24) is 4.98 Å². The van der Waals surface area contributed by atoms with Crippen LogP contribution in [0.15, 0.2) is 34.8 Å². The second kappa shape index (κ2) is 4.84. The van der Waals surface area contributed by atoms with E-state index in [1.54, 1.807) is 6.92 Å². The largest absolute Gasteiger partial charge is 0.481 e. The fraction of sp³-hybridized carbons (Fsp3) is 0.231. The zero-order valence-electron chi connectivity index (χ0n) is 9.35. The normalized spacial score (nSPS) is 12.6. The first-order valence-electron chi connectivity index (χ1n) is 5.34. The zero-order chi connectivity index (χ0) is 12.4. The van der Waals surface area contributed by atoms with Crippen molar-refractivity contribution >= 4 is 32.8 Å². The highest BCUT2D eigenvalue weighted by atomic mass is 79.9. The van der Waals surface area contributed by atoms with Gasteiger partial charge in [0.2, 0.25) is 0 Å². The Morgan fingerprint density at radius 1 is 1.41 bits per heavy atom. The number of fused-ring (bicyclic) bond motifs is 1. The van der Waals surface area contributed by atoms with Gasteiger partial charge < -0.3 is 5.11 Å². The van der Waals surface area contributed by atoms with Crippen LogP contribution in [0.2, 0.25) is 0 Å². The van der Waals surface area contributed by atoms with E-state index in [4.69, 9.17) is 5.11 Å². The minimum absolute atomic E-state index is 0.407. The Labute approximate surface area is 108 Å². The average Bonchev–Trinajstić information content (AvgIpc) is 2.29. The van der Waals surface area contributed by atoms with E-state index in [0.29, 0.717) is 6.42 Å². The molecule has 88 valence electrons. The van der Waals surface area contributed by atoms with E-state index in [0.717, 1.165) is 21.1 Å². The van der Waals surface area contributed by atoms with Crippen LogP contribution in [-0.2, 0) is 11.2 Å². The van der Waals surface area contributed by atoms with Gasteiger partial charge in [0.25, 0.3) is 0 Å². The van der Waals surface area contributed by atoms with E-state index in [1.807, 2.05) is 30.3 Å². The lowest BCUT2D eigenvalue weighted by Crippen LogP contribution is -2.12. The molecule has 0 aliphatic rings. The summed E-state index contributed by atoms with van der Waals surface area (Å²) in [5.41, 5.74) is 1.71. The minimum Gasteiger partial charge on any atom is -0.481 e. The molecule has 0 aliphatic carbocycles. The minimum atomic E-state index is -0.789. The second-order valence-electron chi connectivity index (χ2n) is 4.08. The van der Waals surface area contributed by atoms with Gasteiger partial charge >= 0.3 is 5.97 Å². The molecule has 0 amide bonds. The van der Waals surface area contributed by atoms with Crippen molar-refractivity contribution in [2.45, 2.75) is 13.3 Å². The number of hydrogen-bond donors (Lipinski definition) is 1. The number of rotatable bonds is 3. The summed E-state index contributed by atoms with van der Waals surface area (Å²) in [6.07, 6.45) is 0.460. The summed E-state index contributed by atoms with van der Waals surface area (Å²) in [5, 5.41) is 9.91. The molecule has 2 aromatic rings. The molecule has 0 saturated carbocycles. The quantitative estimate of drug-likeness (QED) is 0.945. The Balaban J connectivity index is 2.32. The number of aliphatic carboxylic acids is 1. The molecule has 1 unspecified atom stereocenters. The zero-order valence-corrected chi connectivity index (χ0v) is 10.9. The number of aromatic nitrogens is 1. The highest BCUT2D eigenvalue weighted by Gasteiger charge is 2.12. The van der Waals surface area contributed by atoms with Crippen molar-refractivity contribution < 1.29 is 9.90 Å². The molecule has 0 bridgehead atoms. The molecule has 17 heavy (non-hydrogen) atoms. The molecule has 0 saturated heterocycles. The number of benzene rings is 1. The summed E-state index contributed by atoms with van der Waals surface area (Å²) in [6, 6.07) is 9.70. The predicted molar refractivity (Wildman–Crippen MR) is 69.9 cm³/mol. The highest BCUT2D eigenvalue weighted by molar-refractivity contribution is 9.10. The molecule has 1 aromatic heterocycles. The fourth-order valence-corrected chi connectivity index (χ4v) is 2.03. The molecule has 0 fully saturated rings.